The summed E-state index contributed by atoms with van der Waals surface area (Å²) in [6.07, 6.45) is 0. The number of aromatic nitrogens is 1. The van der Waals surface area contributed by atoms with Crippen LogP contribution in [0.3, 0.4) is 0 Å². The van der Waals surface area contributed by atoms with Crippen molar-refractivity contribution in [3.05, 3.63) is 58.6 Å². The maximum atomic E-state index is 9.00. The number of thioether (sulfide) groups is 1. The Bertz CT molecular complexity index is 820. The van der Waals surface area contributed by atoms with Crippen molar-refractivity contribution in [2.24, 2.45) is 0 Å². The Morgan fingerprint density at radius 3 is 2.08 bits per heavy atom. The van der Waals surface area contributed by atoms with Gasteiger partial charge in [-0.25, -0.2) is 4.98 Å². The van der Waals surface area contributed by atoms with E-state index in [1.54, 1.807) is 19.1 Å². The molecule has 0 spiro atoms. The summed E-state index contributed by atoms with van der Waals surface area (Å²) >= 11 is 13.2. The molecule has 0 fully saturated rings. The number of rotatable bonds is 4. The average Bonchev–Trinajstić information content (AvgIpc) is 2.99. The Balaban J connectivity index is 2.09. The van der Waals surface area contributed by atoms with Crippen LogP contribution in [0, 0.1) is 11.3 Å². The van der Waals surface area contributed by atoms with E-state index >= 15 is 0 Å². The van der Waals surface area contributed by atoms with E-state index in [2.05, 4.69) is 11.1 Å². The van der Waals surface area contributed by atoms with Gasteiger partial charge in [0.15, 0.2) is 5.76 Å². The highest BCUT2D eigenvalue weighted by molar-refractivity contribution is 7.99. The van der Waals surface area contributed by atoms with Crippen molar-refractivity contribution in [2.45, 2.75) is 17.4 Å². The molecule has 2 aromatic carbocycles. The smallest absolute Gasteiger partial charge is 0.258 e. The SMILES string of the molecule is CC(C#N)Sc1nc(-c2ccc(Cl)cc2)c(-c2ccc(Cl)cc2)o1. The molecule has 0 saturated carbocycles. The van der Waals surface area contributed by atoms with E-state index in [1.165, 1.54) is 11.8 Å². The molecular formula is C18H12Cl2N2OS. The van der Waals surface area contributed by atoms with E-state index in [4.69, 9.17) is 32.9 Å². The highest BCUT2D eigenvalue weighted by Crippen LogP contribution is 2.37. The summed E-state index contributed by atoms with van der Waals surface area (Å²) in [5, 5.41) is 10.5. The summed E-state index contributed by atoms with van der Waals surface area (Å²) in [6, 6.07) is 16.9. The summed E-state index contributed by atoms with van der Waals surface area (Å²) in [5.41, 5.74) is 2.47. The summed E-state index contributed by atoms with van der Waals surface area (Å²) in [6.45, 7) is 1.80. The molecule has 0 aliphatic carbocycles. The molecule has 0 radical (unpaired) electrons. The van der Waals surface area contributed by atoms with Crippen LogP contribution in [0.2, 0.25) is 10.0 Å². The lowest BCUT2D eigenvalue weighted by Crippen LogP contribution is -1.89. The van der Waals surface area contributed by atoms with Crippen LogP contribution in [-0.4, -0.2) is 10.2 Å². The van der Waals surface area contributed by atoms with Gasteiger partial charge in [0.25, 0.3) is 5.22 Å². The van der Waals surface area contributed by atoms with E-state index < -0.39 is 0 Å². The van der Waals surface area contributed by atoms with Crippen molar-refractivity contribution in [3.8, 4) is 28.7 Å². The Kier molecular flexibility index (Phi) is 5.15. The predicted molar refractivity (Wildman–Crippen MR) is 98.3 cm³/mol. The van der Waals surface area contributed by atoms with Crippen LogP contribution < -0.4 is 0 Å². The predicted octanol–water partition coefficient (Wildman–Crippen LogP) is 6.32. The molecule has 6 heteroatoms. The molecule has 1 aromatic heterocycles. The van der Waals surface area contributed by atoms with Gasteiger partial charge >= 0.3 is 0 Å². The third kappa shape index (κ3) is 3.76. The second kappa shape index (κ2) is 7.31. The summed E-state index contributed by atoms with van der Waals surface area (Å²) < 4.78 is 5.92. The fourth-order valence-corrected chi connectivity index (χ4v) is 3.01. The summed E-state index contributed by atoms with van der Waals surface area (Å²) in [4.78, 5) is 4.57. The van der Waals surface area contributed by atoms with Gasteiger partial charge in [0.05, 0.1) is 11.3 Å². The zero-order valence-corrected chi connectivity index (χ0v) is 15.0. The van der Waals surface area contributed by atoms with Crippen molar-refractivity contribution in [1.82, 2.24) is 4.98 Å². The lowest BCUT2D eigenvalue weighted by atomic mass is 10.1. The van der Waals surface area contributed by atoms with Crippen molar-refractivity contribution in [1.29, 1.82) is 5.26 Å². The number of benzene rings is 2. The van der Waals surface area contributed by atoms with Crippen LogP contribution in [0.25, 0.3) is 22.6 Å². The number of nitrogens with zero attached hydrogens (tertiary/aromatic N) is 2. The first-order chi connectivity index (χ1) is 11.6. The maximum absolute atomic E-state index is 9.00. The molecule has 0 amide bonds. The second-order valence-electron chi connectivity index (χ2n) is 5.06. The quantitative estimate of drug-likeness (QED) is 0.501. The summed E-state index contributed by atoms with van der Waals surface area (Å²) in [7, 11) is 0. The van der Waals surface area contributed by atoms with Gasteiger partial charge in [0.2, 0.25) is 0 Å². The number of nitriles is 1. The highest BCUT2D eigenvalue weighted by atomic mass is 35.5. The fraction of sp³-hybridized carbons (Fsp3) is 0.111. The molecular weight excluding hydrogens is 363 g/mol. The molecule has 1 heterocycles. The zero-order chi connectivity index (χ0) is 17.1. The minimum absolute atomic E-state index is 0.250. The minimum atomic E-state index is -0.250. The Hall–Kier alpha value is -1.93. The molecule has 0 aliphatic heterocycles. The summed E-state index contributed by atoms with van der Waals surface area (Å²) in [5.74, 6) is 0.640. The second-order valence-corrected chi connectivity index (χ2v) is 7.23. The molecule has 3 aromatic rings. The van der Waals surface area contributed by atoms with Crippen LogP contribution in [0.1, 0.15) is 6.92 Å². The van der Waals surface area contributed by atoms with Crippen LogP contribution in [0.15, 0.2) is 58.2 Å². The molecule has 24 heavy (non-hydrogen) atoms. The number of hydrogen-bond donors (Lipinski definition) is 0. The lowest BCUT2D eigenvalue weighted by Gasteiger charge is -2.02. The van der Waals surface area contributed by atoms with Gasteiger partial charge in [-0.15, -0.1) is 0 Å². The Morgan fingerprint density at radius 2 is 1.54 bits per heavy atom. The highest BCUT2D eigenvalue weighted by Gasteiger charge is 2.19. The van der Waals surface area contributed by atoms with E-state index in [1.807, 2.05) is 36.4 Å². The van der Waals surface area contributed by atoms with Gasteiger partial charge in [0, 0.05) is 21.2 Å². The van der Waals surface area contributed by atoms with Gasteiger partial charge in [0.1, 0.15) is 5.69 Å². The molecule has 0 aliphatic rings. The molecule has 120 valence electrons. The van der Waals surface area contributed by atoms with Gasteiger partial charge in [-0.2, -0.15) is 5.26 Å². The molecule has 3 nitrogen and oxygen atoms in total. The first-order valence-corrected chi connectivity index (χ1v) is 8.79. The van der Waals surface area contributed by atoms with Gasteiger partial charge < -0.3 is 4.42 Å². The van der Waals surface area contributed by atoms with Crippen LogP contribution in [0.4, 0.5) is 0 Å². The third-order valence-corrected chi connectivity index (χ3v) is 4.63. The average molecular weight is 375 g/mol. The molecule has 0 saturated heterocycles. The first-order valence-electron chi connectivity index (χ1n) is 7.16. The first kappa shape index (κ1) is 16.9. The molecule has 1 atom stereocenters. The van der Waals surface area contributed by atoms with E-state index in [0.717, 1.165) is 11.1 Å². The normalized spacial score (nSPS) is 11.9. The van der Waals surface area contributed by atoms with Gasteiger partial charge in [-0.1, -0.05) is 35.3 Å². The van der Waals surface area contributed by atoms with Gasteiger partial charge in [-0.05, 0) is 55.1 Å². The lowest BCUT2D eigenvalue weighted by molar-refractivity contribution is 0.466. The number of oxazole rings is 1. The van der Waals surface area contributed by atoms with Crippen LogP contribution in [-0.2, 0) is 0 Å². The van der Waals surface area contributed by atoms with Crippen LogP contribution >= 0.6 is 35.0 Å². The maximum Gasteiger partial charge on any atom is 0.258 e. The van der Waals surface area contributed by atoms with Crippen molar-refractivity contribution in [2.75, 3.05) is 0 Å². The van der Waals surface area contributed by atoms with Crippen LogP contribution in [0.5, 0.6) is 0 Å². The van der Waals surface area contributed by atoms with E-state index in [0.29, 0.717) is 26.7 Å². The zero-order valence-electron chi connectivity index (χ0n) is 12.7. The monoisotopic (exact) mass is 374 g/mol. The Labute approximate surface area is 154 Å². The molecule has 3 rings (SSSR count). The van der Waals surface area contributed by atoms with E-state index in [-0.39, 0.29) is 5.25 Å². The molecule has 0 bridgehead atoms. The Morgan fingerprint density at radius 1 is 1.00 bits per heavy atom. The number of hydrogen-bond acceptors (Lipinski definition) is 4. The topological polar surface area (TPSA) is 49.8 Å². The largest absolute Gasteiger partial charge is 0.431 e. The standard InChI is InChI=1S/C18H12Cl2N2OS/c1-11(10-21)24-18-22-16(12-2-6-14(19)7-3-12)17(23-18)13-4-8-15(20)9-5-13/h2-9,11H,1H3. The molecule has 1 unspecified atom stereocenters. The fourth-order valence-electron chi connectivity index (χ4n) is 2.13. The third-order valence-electron chi connectivity index (χ3n) is 3.29. The van der Waals surface area contributed by atoms with Crippen molar-refractivity contribution < 1.29 is 4.42 Å². The van der Waals surface area contributed by atoms with Crippen molar-refractivity contribution in [3.63, 3.8) is 0 Å². The van der Waals surface area contributed by atoms with Gasteiger partial charge in [-0.3, -0.25) is 0 Å². The van der Waals surface area contributed by atoms with Crippen molar-refractivity contribution >= 4 is 35.0 Å². The molecule has 0 N–H and O–H groups in total. The minimum Gasteiger partial charge on any atom is -0.431 e. The number of halogens is 2. The van der Waals surface area contributed by atoms with E-state index in [9.17, 15) is 0 Å².